The quantitative estimate of drug-likeness (QED) is 0.552. The maximum atomic E-state index is 4.58. The number of pyridine rings is 1. The molecule has 0 saturated carbocycles. The maximum Gasteiger partial charge on any atom is 0.0710 e. The number of hydrogen-bond donors (Lipinski definition) is 0. The number of rotatable bonds is 2. The minimum absolute atomic E-state index is 0.799. The van der Waals surface area contributed by atoms with Crippen molar-refractivity contribution in [3.8, 4) is 0 Å². The Morgan fingerprint density at radius 3 is 2.59 bits per heavy atom. The average Bonchev–Trinajstić information content (AvgIpc) is 2.91. The Hall–Kier alpha value is -2.68. The first-order valence-corrected chi connectivity index (χ1v) is 7.48. The van der Waals surface area contributed by atoms with Gasteiger partial charge in [0.1, 0.15) is 0 Å². The molecule has 0 spiro atoms. The van der Waals surface area contributed by atoms with Gasteiger partial charge in [0.15, 0.2) is 0 Å². The number of fused-ring (bicyclic) bond motifs is 2. The van der Waals surface area contributed by atoms with Crippen molar-refractivity contribution in [3.05, 3.63) is 71.5 Å². The van der Waals surface area contributed by atoms with E-state index in [0.717, 1.165) is 28.4 Å². The van der Waals surface area contributed by atoms with Crippen molar-refractivity contribution in [2.24, 2.45) is 0 Å². The van der Waals surface area contributed by atoms with Gasteiger partial charge in [-0.25, -0.2) is 0 Å². The molecule has 0 radical (unpaired) electrons. The van der Waals surface area contributed by atoms with Crippen LogP contribution in [0.2, 0.25) is 0 Å². The van der Waals surface area contributed by atoms with E-state index in [0.29, 0.717) is 0 Å². The number of aromatic nitrogens is 3. The van der Waals surface area contributed by atoms with Crippen LogP contribution in [0, 0.1) is 13.8 Å². The van der Waals surface area contributed by atoms with E-state index >= 15 is 0 Å². The molecule has 22 heavy (non-hydrogen) atoms. The lowest BCUT2D eigenvalue weighted by atomic mass is 10.0. The van der Waals surface area contributed by atoms with Crippen molar-refractivity contribution >= 4 is 21.8 Å². The zero-order valence-electron chi connectivity index (χ0n) is 12.7. The molecule has 2 aromatic carbocycles. The van der Waals surface area contributed by atoms with Gasteiger partial charge in [-0.15, -0.1) is 0 Å². The summed E-state index contributed by atoms with van der Waals surface area (Å²) >= 11 is 0. The van der Waals surface area contributed by atoms with Gasteiger partial charge in [-0.2, -0.15) is 5.10 Å². The van der Waals surface area contributed by atoms with Gasteiger partial charge in [-0.1, -0.05) is 24.3 Å². The van der Waals surface area contributed by atoms with Gasteiger partial charge in [0.05, 0.1) is 23.8 Å². The third-order valence-electron chi connectivity index (χ3n) is 4.32. The number of nitrogens with zero attached hydrogens (tertiary/aromatic N) is 3. The van der Waals surface area contributed by atoms with Crippen molar-refractivity contribution in [2.45, 2.75) is 20.4 Å². The molecule has 0 saturated heterocycles. The monoisotopic (exact) mass is 287 g/mol. The van der Waals surface area contributed by atoms with Crippen molar-refractivity contribution in [1.82, 2.24) is 14.8 Å². The Balaban J connectivity index is 1.87. The fourth-order valence-corrected chi connectivity index (χ4v) is 3.02. The van der Waals surface area contributed by atoms with Crippen LogP contribution in [0.25, 0.3) is 21.8 Å². The summed E-state index contributed by atoms with van der Waals surface area (Å²) in [6, 6.07) is 14.8. The Morgan fingerprint density at radius 2 is 1.77 bits per heavy atom. The van der Waals surface area contributed by atoms with Gasteiger partial charge in [0.25, 0.3) is 0 Å². The predicted molar refractivity (Wildman–Crippen MR) is 90.1 cm³/mol. The highest BCUT2D eigenvalue weighted by Gasteiger charge is 2.08. The zero-order valence-corrected chi connectivity index (χ0v) is 12.7. The Kier molecular flexibility index (Phi) is 2.93. The molecule has 0 amide bonds. The molecule has 2 heterocycles. The van der Waals surface area contributed by atoms with Crippen LogP contribution in [0.1, 0.15) is 16.7 Å². The van der Waals surface area contributed by atoms with Gasteiger partial charge in [0, 0.05) is 17.0 Å². The number of aryl methyl sites for hydroxylation is 2. The molecule has 0 bridgehead atoms. The highest BCUT2D eigenvalue weighted by molar-refractivity contribution is 5.94. The standard InChI is InChI=1S/C19H17N3/c1-13-5-3-6-14(2)17(13)12-22-19-10-15-7-4-8-20-18(15)9-16(19)11-21-22/h3-11H,12H2,1-2H3. The van der Waals surface area contributed by atoms with Gasteiger partial charge in [-0.05, 0) is 48.7 Å². The lowest BCUT2D eigenvalue weighted by Gasteiger charge is -2.11. The van der Waals surface area contributed by atoms with Crippen LogP contribution in [0.4, 0.5) is 0 Å². The smallest absolute Gasteiger partial charge is 0.0710 e. The van der Waals surface area contributed by atoms with E-state index in [1.54, 1.807) is 0 Å². The van der Waals surface area contributed by atoms with Crippen LogP contribution in [0.5, 0.6) is 0 Å². The summed E-state index contributed by atoms with van der Waals surface area (Å²) in [6.07, 6.45) is 3.76. The summed E-state index contributed by atoms with van der Waals surface area (Å²) < 4.78 is 2.08. The minimum atomic E-state index is 0.799. The first-order valence-electron chi connectivity index (χ1n) is 7.48. The summed E-state index contributed by atoms with van der Waals surface area (Å²) in [7, 11) is 0. The minimum Gasteiger partial charge on any atom is -0.260 e. The molecule has 0 aliphatic carbocycles. The van der Waals surface area contributed by atoms with E-state index in [9.17, 15) is 0 Å². The Morgan fingerprint density at radius 1 is 0.955 bits per heavy atom. The van der Waals surface area contributed by atoms with Crippen LogP contribution in [-0.4, -0.2) is 14.8 Å². The molecular weight excluding hydrogens is 270 g/mol. The predicted octanol–water partition coefficient (Wildman–Crippen LogP) is 4.25. The molecule has 3 heteroatoms. The molecule has 0 fully saturated rings. The van der Waals surface area contributed by atoms with Crippen LogP contribution in [-0.2, 0) is 6.54 Å². The van der Waals surface area contributed by atoms with Gasteiger partial charge in [-0.3, -0.25) is 9.67 Å². The van der Waals surface area contributed by atoms with E-state index in [1.165, 1.54) is 16.7 Å². The second-order valence-electron chi connectivity index (χ2n) is 5.78. The summed E-state index contributed by atoms with van der Waals surface area (Å²) in [5, 5.41) is 6.87. The van der Waals surface area contributed by atoms with Crippen LogP contribution in [0.3, 0.4) is 0 Å². The summed E-state index contributed by atoms with van der Waals surface area (Å²) in [5.41, 5.74) is 6.14. The highest BCUT2D eigenvalue weighted by Crippen LogP contribution is 2.23. The molecule has 0 unspecified atom stereocenters. The Labute approximate surface area is 129 Å². The normalized spacial score (nSPS) is 11.4. The van der Waals surface area contributed by atoms with E-state index in [1.807, 2.05) is 18.5 Å². The van der Waals surface area contributed by atoms with Gasteiger partial charge >= 0.3 is 0 Å². The number of benzene rings is 2. The van der Waals surface area contributed by atoms with Crippen LogP contribution in [0.15, 0.2) is 54.9 Å². The second kappa shape index (κ2) is 4.95. The molecule has 4 aromatic rings. The fraction of sp³-hybridized carbons (Fsp3) is 0.158. The van der Waals surface area contributed by atoms with Crippen molar-refractivity contribution < 1.29 is 0 Å². The van der Waals surface area contributed by atoms with E-state index in [2.05, 4.69) is 65.0 Å². The zero-order chi connectivity index (χ0) is 15.1. The summed E-state index contributed by atoms with van der Waals surface area (Å²) in [4.78, 5) is 4.42. The molecule has 0 atom stereocenters. The first kappa shape index (κ1) is 13.0. The fourth-order valence-electron chi connectivity index (χ4n) is 3.02. The molecule has 0 aliphatic rings. The second-order valence-corrected chi connectivity index (χ2v) is 5.78. The van der Waals surface area contributed by atoms with E-state index in [4.69, 9.17) is 0 Å². The van der Waals surface area contributed by atoms with E-state index < -0.39 is 0 Å². The van der Waals surface area contributed by atoms with Crippen molar-refractivity contribution in [2.75, 3.05) is 0 Å². The van der Waals surface area contributed by atoms with E-state index in [-0.39, 0.29) is 0 Å². The first-order chi connectivity index (χ1) is 10.7. The number of hydrogen-bond acceptors (Lipinski definition) is 2. The third kappa shape index (κ3) is 2.06. The Bertz CT molecular complexity index is 962. The van der Waals surface area contributed by atoms with Crippen LogP contribution < -0.4 is 0 Å². The molecule has 3 nitrogen and oxygen atoms in total. The lowest BCUT2D eigenvalue weighted by Crippen LogP contribution is -2.05. The SMILES string of the molecule is Cc1cccc(C)c1Cn1ncc2cc3ncccc3cc21. The molecular formula is C19H17N3. The molecule has 4 rings (SSSR count). The lowest BCUT2D eigenvalue weighted by molar-refractivity contribution is 0.706. The largest absolute Gasteiger partial charge is 0.260 e. The summed E-state index contributed by atoms with van der Waals surface area (Å²) in [5.74, 6) is 0. The highest BCUT2D eigenvalue weighted by atomic mass is 15.3. The topological polar surface area (TPSA) is 30.7 Å². The maximum absolute atomic E-state index is 4.58. The van der Waals surface area contributed by atoms with Gasteiger partial charge in [0.2, 0.25) is 0 Å². The average molecular weight is 287 g/mol. The van der Waals surface area contributed by atoms with Crippen molar-refractivity contribution in [3.63, 3.8) is 0 Å². The third-order valence-corrected chi connectivity index (χ3v) is 4.32. The van der Waals surface area contributed by atoms with Crippen molar-refractivity contribution in [1.29, 1.82) is 0 Å². The molecule has 0 N–H and O–H groups in total. The van der Waals surface area contributed by atoms with Gasteiger partial charge < -0.3 is 0 Å². The molecule has 108 valence electrons. The molecule has 2 aromatic heterocycles. The molecule has 0 aliphatic heterocycles. The van der Waals surface area contributed by atoms with Crippen LogP contribution >= 0.6 is 0 Å². The summed E-state index contributed by atoms with van der Waals surface area (Å²) in [6.45, 7) is 5.12.